The largest absolute Gasteiger partial charge is 0.491 e. The van der Waals surface area contributed by atoms with Gasteiger partial charge in [0.15, 0.2) is 5.96 Å². The summed E-state index contributed by atoms with van der Waals surface area (Å²) in [6, 6.07) is 6.34. The SMILES string of the molecule is CCN(CC)CCNC(=NC)NCc1ccc(C)cc1OCC1CCCO1.I. The molecule has 0 amide bonds. The Labute approximate surface area is 187 Å². The Morgan fingerprint density at radius 3 is 2.71 bits per heavy atom. The molecule has 0 spiro atoms. The highest BCUT2D eigenvalue weighted by Gasteiger charge is 2.17. The second-order valence-corrected chi connectivity index (χ2v) is 6.94. The van der Waals surface area contributed by atoms with Crippen LogP contribution in [0.4, 0.5) is 0 Å². The van der Waals surface area contributed by atoms with E-state index >= 15 is 0 Å². The van der Waals surface area contributed by atoms with Gasteiger partial charge < -0.3 is 25.0 Å². The van der Waals surface area contributed by atoms with Crippen LogP contribution in [0.1, 0.15) is 37.8 Å². The van der Waals surface area contributed by atoms with E-state index in [-0.39, 0.29) is 30.1 Å². The first-order valence-electron chi connectivity index (χ1n) is 10.2. The van der Waals surface area contributed by atoms with Crippen molar-refractivity contribution in [2.24, 2.45) is 4.99 Å². The Balaban J connectivity index is 0.00000392. The summed E-state index contributed by atoms with van der Waals surface area (Å²) in [4.78, 5) is 6.71. The lowest BCUT2D eigenvalue weighted by atomic mass is 10.1. The Morgan fingerprint density at radius 1 is 1.29 bits per heavy atom. The van der Waals surface area contributed by atoms with Gasteiger partial charge in [0.05, 0.1) is 6.10 Å². The Bertz CT molecular complexity index is 588. The second kappa shape index (κ2) is 14.0. The van der Waals surface area contributed by atoms with Gasteiger partial charge in [0.25, 0.3) is 0 Å². The van der Waals surface area contributed by atoms with Crippen molar-refractivity contribution in [1.29, 1.82) is 0 Å². The summed E-state index contributed by atoms with van der Waals surface area (Å²) in [6.45, 7) is 12.6. The summed E-state index contributed by atoms with van der Waals surface area (Å²) >= 11 is 0. The molecule has 1 aliphatic rings. The molecule has 6 nitrogen and oxygen atoms in total. The zero-order chi connectivity index (χ0) is 19.5. The summed E-state index contributed by atoms with van der Waals surface area (Å²) in [5, 5.41) is 6.78. The van der Waals surface area contributed by atoms with Crippen LogP contribution in [0, 0.1) is 6.92 Å². The lowest BCUT2D eigenvalue weighted by Gasteiger charge is -2.20. The predicted molar refractivity (Wildman–Crippen MR) is 127 cm³/mol. The van der Waals surface area contributed by atoms with Gasteiger partial charge in [0.1, 0.15) is 12.4 Å². The molecule has 28 heavy (non-hydrogen) atoms. The molecule has 1 fully saturated rings. The van der Waals surface area contributed by atoms with Crippen LogP contribution in [-0.4, -0.2) is 63.4 Å². The fraction of sp³-hybridized carbons (Fsp3) is 0.667. The van der Waals surface area contributed by atoms with Crippen LogP contribution in [-0.2, 0) is 11.3 Å². The number of guanidine groups is 1. The number of hydrogen-bond donors (Lipinski definition) is 2. The van der Waals surface area contributed by atoms with E-state index in [0.717, 1.165) is 62.9 Å². The molecule has 1 aromatic carbocycles. The van der Waals surface area contributed by atoms with E-state index in [9.17, 15) is 0 Å². The maximum Gasteiger partial charge on any atom is 0.191 e. The minimum atomic E-state index is 0. The highest BCUT2D eigenvalue weighted by Crippen LogP contribution is 2.22. The number of nitrogens with one attached hydrogen (secondary N) is 2. The van der Waals surface area contributed by atoms with E-state index in [1.807, 2.05) is 0 Å². The lowest BCUT2D eigenvalue weighted by Crippen LogP contribution is -2.41. The van der Waals surface area contributed by atoms with Crippen molar-refractivity contribution in [3.05, 3.63) is 29.3 Å². The average molecular weight is 504 g/mol. The van der Waals surface area contributed by atoms with Gasteiger partial charge in [-0.2, -0.15) is 0 Å². The molecular weight excluding hydrogens is 467 g/mol. The van der Waals surface area contributed by atoms with E-state index in [4.69, 9.17) is 9.47 Å². The standard InChI is InChI=1S/C21H36N4O2.HI/c1-5-25(6-2)12-11-23-21(22-4)24-15-18-10-9-17(3)14-20(18)27-16-19-8-7-13-26-19;/h9-10,14,19H,5-8,11-13,15-16H2,1-4H3,(H2,22,23,24);1H. The number of benzene rings is 1. The molecule has 0 bridgehead atoms. The normalized spacial score (nSPS) is 16.8. The Kier molecular flexibility index (Phi) is 12.5. The molecule has 1 saturated heterocycles. The van der Waals surface area contributed by atoms with Crippen LogP contribution in [0.25, 0.3) is 0 Å². The molecule has 1 unspecified atom stereocenters. The third-order valence-corrected chi connectivity index (χ3v) is 4.96. The van der Waals surface area contributed by atoms with E-state index in [2.05, 4.69) is 59.5 Å². The van der Waals surface area contributed by atoms with Crippen molar-refractivity contribution in [3.63, 3.8) is 0 Å². The van der Waals surface area contributed by atoms with Crippen molar-refractivity contribution < 1.29 is 9.47 Å². The number of likely N-dealkylation sites (N-methyl/N-ethyl adjacent to an activating group) is 1. The summed E-state index contributed by atoms with van der Waals surface area (Å²) < 4.78 is 11.7. The molecule has 1 heterocycles. The number of halogens is 1. The van der Waals surface area contributed by atoms with Crippen LogP contribution in [0.3, 0.4) is 0 Å². The van der Waals surface area contributed by atoms with Crippen LogP contribution in [0.15, 0.2) is 23.2 Å². The third kappa shape index (κ3) is 8.53. The summed E-state index contributed by atoms with van der Waals surface area (Å²) in [7, 11) is 1.80. The van der Waals surface area contributed by atoms with Gasteiger partial charge in [-0.05, 0) is 44.5 Å². The number of hydrogen-bond acceptors (Lipinski definition) is 4. The van der Waals surface area contributed by atoms with Gasteiger partial charge in [-0.1, -0.05) is 26.0 Å². The molecule has 0 radical (unpaired) electrons. The maximum absolute atomic E-state index is 6.08. The summed E-state index contributed by atoms with van der Waals surface area (Å²) in [5.74, 6) is 1.74. The van der Waals surface area contributed by atoms with E-state index in [1.165, 1.54) is 5.56 Å². The average Bonchev–Trinajstić information content (AvgIpc) is 3.20. The highest BCUT2D eigenvalue weighted by molar-refractivity contribution is 14.0. The number of rotatable bonds is 10. The predicted octanol–water partition coefficient (Wildman–Crippen LogP) is 3.18. The molecule has 1 aliphatic heterocycles. The van der Waals surface area contributed by atoms with Gasteiger partial charge in [-0.15, -0.1) is 24.0 Å². The van der Waals surface area contributed by atoms with Crippen molar-refractivity contribution >= 4 is 29.9 Å². The van der Waals surface area contributed by atoms with Crippen molar-refractivity contribution in [2.45, 2.75) is 46.3 Å². The van der Waals surface area contributed by atoms with Crippen LogP contribution >= 0.6 is 24.0 Å². The molecule has 0 aliphatic carbocycles. The zero-order valence-electron chi connectivity index (χ0n) is 17.8. The molecule has 2 rings (SSSR count). The lowest BCUT2D eigenvalue weighted by molar-refractivity contribution is 0.0676. The smallest absolute Gasteiger partial charge is 0.191 e. The first-order chi connectivity index (χ1) is 13.2. The van der Waals surface area contributed by atoms with Crippen molar-refractivity contribution in [3.8, 4) is 5.75 Å². The molecule has 1 atom stereocenters. The van der Waals surface area contributed by atoms with Crippen LogP contribution in [0.5, 0.6) is 5.75 Å². The summed E-state index contributed by atoms with van der Waals surface area (Å²) in [5.41, 5.74) is 2.33. The van der Waals surface area contributed by atoms with E-state index in [0.29, 0.717) is 13.2 Å². The first-order valence-corrected chi connectivity index (χ1v) is 10.2. The van der Waals surface area contributed by atoms with Crippen LogP contribution in [0.2, 0.25) is 0 Å². The van der Waals surface area contributed by atoms with Gasteiger partial charge in [-0.3, -0.25) is 4.99 Å². The van der Waals surface area contributed by atoms with Gasteiger partial charge in [0.2, 0.25) is 0 Å². The van der Waals surface area contributed by atoms with Gasteiger partial charge in [-0.25, -0.2) is 0 Å². The Hall–Kier alpha value is -1.06. The van der Waals surface area contributed by atoms with E-state index in [1.54, 1.807) is 7.05 Å². The second-order valence-electron chi connectivity index (χ2n) is 6.94. The molecule has 160 valence electrons. The summed E-state index contributed by atoms with van der Waals surface area (Å²) in [6.07, 6.45) is 2.44. The quantitative estimate of drug-likeness (QED) is 0.291. The fourth-order valence-corrected chi connectivity index (χ4v) is 3.17. The van der Waals surface area contributed by atoms with Gasteiger partial charge >= 0.3 is 0 Å². The molecule has 0 aromatic heterocycles. The number of nitrogens with zero attached hydrogens (tertiary/aromatic N) is 2. The number of aliphatic imine (C=N–C) groups is 1. The molecule has 0 saturated carbocycles. The van der Waals surface area contributed by atoms with Crippen molar-refractivity contribution in [2.75, 3.05) is 46.4 Å². The third-order valence-electron chi connectivity index (χ3n) is 4.96. The molecular formula is C21H37IN4O2. The Morgan fingerprint density at radius 2 is 2.07 bits per heavy atom. The maximum atomic E-state index is 6.08. The van der Waals surface area contributed by atoms with Gasteiger partial charge in [0, 0.05) is 38.9 Å². The molecule has 7 heteroatoms. The molecule has 2 N–H and O–H groups in total. The minimum absolute atomic E-state index is 0. The number of ether oxygens (including phenoxy) is 2. The first kappa shape index (κ1) is 25.0. The highest BCUT2D eigenvalue weighted by atomic mass is 127. The van der Waals surface area contributed by atoms with E-state index < -0.39 is 0 Å². The monoisotopic (exact) mass is 504 g/mol. The minimum Gasteiger partial charge on any atom is -0.491 e. The van der Waals surface area contributed by atoms with Crippen LogP contribution < -0.4 is 15.4 Å². The fourth-order valence-electron chi connectivity index (χ4n) is 3.17. The topological polar surface area (TPSA) is 58.1 Å². The zero-order valence-corrected chi connectivity index (χ0v) is 20.1. The number of aryl methyl sites for hydroxylation is 1. The van der Waals surface area contributed by atoms with Crippen molar-refractivity contribution in [1.82, 2.24) is 15.5 Å². The molecule has 1 aromatic rings.